The Morgan fingerprint density at radius 1 is 1.10 bits per heavy atom. The molecule has 0 atom stereocenters. The minimum absolute atomic E-state index is 0.297. The quantitative estimate of drug-likeness (QED) is 0.896. The Hall–Kier alpha value is -1.23. The Bertz CT molecular complexity index is 633. The van der Waals surface area contributed by atoms with Crippen molar-refractivity contribution in [2.75, 3.05) is 6.79 Å². The molecular weight excluding hydrogens is 342 g/mol. The molecule has 104 valence electrons. The summed E-state index contributed by atoms with van der Waals surface area (Å²) in [5.74, 6) is 1.65. The van der Waals surface area contributed by atoms with Crippen molar-refractivity contribution < 1.29 is 9.47 Å². The van der Waals surface area contributed by atoms with E-state index in [9.17, 15) is 0 Å². The van der Waals surface area contributed by atoms with Crippen LogP contribution in [-0.2, 0) is 13.1 Å². The van der Waals surface area contributed by atoms with Gasteiger partial charge < -0.3 is 14.8 Å². The standard InChI is InChI=1S/C15H13BrClNO2/c16-12-5-4-10(13(17)6-12)7-18-8-11-2-1-3-14-15(11)20-9-19-14/h1-6,18H,7-9H2. The third-order valence-corrected chi connectivity index (χ3v) is 3.97. The summed E-state index contributed by atoms with van der Waals surface area (Å²) in [6.45, 7) is 1.71. The smallest absolute Gasteiger partial charge is 0.231 e. The van der Waals surface area contributed by atoms with E-state index in [0.717, 1.165) is 32.1 Å². The summed E-state index contributed by atoms with van der Waals surface area (Å²) in [6.07, 6.45) is 0. The molecule has 1 heterocycles. The number of para-hydroxylation sites is 1. The van der Waals surface area contributed by atoms with Gasteiger partial charge in [0, 0.05) is 28.1 Å². The topological polar surface area (TPSA) is 30.5 Å². The highest BCUT2D eigenvalue weighted by molar-refractivity contribution is 9.10. The summed E-state index contributed by atoms with van der Waals surface area (Å²) >= 11 is 9.59. The minimum atomic E-state index is 0.297. The van der Waals surface area contributed by atoms with Gasteiger partial charge >= 0.3 is 0 Å². The molecule has 0 bridgehead atoms. The third-order valence-electron chi connectivity index (χ3n) is 3.12. The van der Waals surface area contributed by atoms with E-state index in [0.29, 0.717) is 19.9 Å². The molecular formula is C15H13BrClNO2. The fourth-order valence-electron chi connectivity index (χ4n) is 2.13. The van der Waals surface area contributed by atoms with Gasteiger partial charge in [-0.2, -0.15) is 0 Å². The first-order chi connectivity index (χ1) is 9.74. The van der Waals surface area contributed by atoms with Crippen LogP contribution in [-0.4, -0.2) is 6.79 Å². The van der Waals surface area contributed by atoms with Gasteiger partial charge in [-0.15, -0.1) is 0 Å². The summed E-state index contributed by atoms with van der Waals surface area (Å²) in [5, 5.41) is 4.13. The van der Waals surface area contributed by atoms with Gasteiger partial charge in [0.25, 0.3) is 0 Å². The fourth-order valence-corrected chi connectivity index (χ4v) is 2.87. The fraction of sp³-hybridized carbons (Fsp3) is 0.200. The maximum atomic E-state index is 6.19. The molecule has 3 nitrogen and oxygen atoms in total. The Morgan fingerprint density at radius 3 is 2.80 bits per heavy atom. The summed E-state index contributed by atoms with van der Waals surface area (Å²) in [5.41, 5.74) is 2.16. The molecule has 20 heavy (non-hydrogen) atoms. The summed E-state index contributed by atoms with van der Waals surface area (Å²) < 4.78 is 11.8. The van der Waals surface area contributed by atoms with Crippen molar-refractivity contribution >= 4 is 27.5 Å². The van der Waals surface area contributed by atoms with Crippen LogP contribution in [0.25, 0.3) is 0 Å². The molecule has 0 aromatic heterocycles. The second-order valence-corrected chi connectivity index (χ2v) is 5.81. The lowest BCUT2D eigenvalue weighted by Gasteiger charge is -2.09. The lowest BCUT2D eigenvalue weighted by molar-refractivity contribution is 0.173. The van der Waals surface area contributed by atoms with Crippen LogP contribution in [0, 0.1) is 0 Å². The second-order valence-electron chi connectivity index (χ2n) is 4.49. The average molecular weight is 355 g/mol. The predicted molar refractivity (Wildman–Crippen MR) is 82.3 cm³/mol. The van der Waals surface area contributed by atoms with Gasteiger partial charge in [0.05, 0.1) is 0 Å². The Balaban J connectivity index is 1.64. The predicted octanol–water partition coefficient (Wildman–Crippen LogP) is 4.12. The normalized spacial score (nSPS) is 12.7. The first-order valence-electron chi connectivity index (χ1n) is 6.26. The monoisotopic (exact) mass is 353 g/mol. The van der Waals surface area contributed by atoms with E-state index >= 15 is 0 Å². The Kier molecular flexibility index (Phi) is 4.15. The Morgan fingerprint density at radius 2 is 1.95 bits per heavy atom. The van der Waals surface area contributed by atoms with Crippen molar-refractivity contribution in [2.24, 2.45) is 0 Å². The van der Waals surface area contributed by atoms with Gasteiger partial charge in [-0.1, -0.05) is 45.7 Å². The summed E-state index contributed by atoms with van der Waals surface area (Å²) in [4.78, 5) is 0. The van der Waals surface area contributed by atoms with Crippen LogP contribution in [0.1, 0.15) is 11.1 Å². The molecule has 0 amide bonds. The molecule has 0 aliphatic carbocycles. The van der Waals surface area contributed by atoms with Crippen molar-refractivity contribution in [1.82, 2.24) is 5.32 Å². The van der Waals surface area contributed by atoms with Crippen LogP contribution >= 0.6 is 27.5 Å². The zero-order valence-corrected chi connectivity index (χ0v) is 13.0. The van der Waals surface area contributed by atoms with E-state index in [2.05, 4.69) is 21.2 Å². The van der Waals surface area contributed by atoms with E-state index in [-0.39, 0.29) is 0 Å². The van der Waals surface area contributed by atoms with Gasteiger partial charge in [-0.3, -0.25) is 0 Å². The van der Waals surface area contributed by atoms with Gasteiger partial charge in [0.15, 0.2) is 11.5 Å². The zero-order valence-electron chi connectivity index (χ0n) is 10.7. The number of ether oxygens (including phenoxy) is 2. The zero-order chi connectivity index (χ0) is 13.9. The minimum Gasteiger partial charge on any atom is -0.454 e. The molecule has 2 aromatic carbocycles. The van der Waals surface area contributed by atoms with Crippen molar-refractivity contribution in [2.45, 2.75) is 13.1 Å². The first kappa shape index (κ1) is 13.7. The van der Waals surface area contributed by atoms with Crippen LogP contribution in [0.2, 0.25) is 5.02 Å². The van der Waals surface area contributed by atoms with Gasteiger partial charge in [0.2, 0.25) is 6.79 Å². The van der Waals surface area contributed by atoms with Gasteiger partial charge in [-0.05, 0) is 23.8 Å². The van der Waals surface area contributed by atoms with Crippen LogP contribution < -0.4 is 14.8 Å². The number of halogens is 2. The van der Waals surface area contributed by atoms with Crippen molar-refractivity contribution in [3.63, 3.8) is 0 Å². The maximum Gasteiger partial charge on any atom is 0.231 e. The maximum absolute atomic E-state index is 6.19. The van der Waals surface area contributed by atoms with E-state index in [1.165, 1.54) is 0 Å². The SMILES string of the molecule is Clc1cc(Br)ccc1CNCc1cccc2c1OCO2. The lowest BCUT2D eigenvalue weighted by atomic mass is 10.1. The van der Waals surface area contributed by atoms with Crippen LogP contribution in [0.4, 0.5) is 0 Å². The van der Waals surface area contributed by atoms with Gasteiger partial charge in [0.1, 0.15) is 0 Å². The highest BCUT2D eigenvalue weighted by atomic mass is 79.9. The molecule has 0 saturated carbocycles. The number of hydrogen-bond acceptors (Lipinski definition) is 3. The van der Waals surface area contributed by atoms with Gasteiger partial charge in [-0.25, -0.2) is 0 Å². The second kappa shape index (κ2) is 6.04. The highest BCUT2D eigenvalue weighted by Gasteiger charge is 2.16. The molecule has 1 aliphatic heterocycles. The number of nitrogens with one attached hydrogen (secondary N) is 1. The van der Waals surface area contributed by atoms with E-state index in [1.807, 2.05) is 36.4 Å². The number of benzene rings is 2. The summed E-state index contributed by atoms with van der Waals surface area (Å²) in [6, 6.07) is 11.8. The summed E-state index contributed by atoms with van der Waals surface area (Å²) in [7, 11) is 0. The highest BCUT2D eigenvalue weighted by Crippen LogP contribution is 2.35. The van der Waals surface area contributed by atoms with E-state index < -0.39 is 0 Å². The molecule has 0 fully saturated rings. The molecule has 3 rings (SSSR count). The third kappa shape index (κ3) is 2.92. The molecule has 1 aliphatic rings. The van der Waals surface area contributed by atoms with E-state index in [1.54, 1.807) is 0 Å². The van der Waals surface area contributed by atoms with E-state index in [4.69, 9.17) is 21.1 Å². The number of rotatable bonds is 4. The van der Waals surface area contributed by atoms with Crippen molar-refractivity contribution in [3.8, 4) is 11.5 Å². The van der Waals surface area contributed by atoms with Crippen molar-refractivity contribution in [3.05, 3.63) is 57.0 Å². The molecule has 0 unspecified atom stereocenters. The molecule has 0 radical (unpaired) electrons. The van der Waals surface area contributed by atoms with Crippen LogP contribution in [0.5, 0.6) is 11.5 Å². The molecule has 2 aromatic rings. The average Bonchev–Trinajstić information content (AvgIpc) is 2.90. The number of hydrogen-bond donors (Lipinski definition) is 1. The Labute approximate surface area is 131 Å². The van der Waals surface area contributed by atoms with Crippen LogP contribution in [0.15, 0.2) is 40.9 Å². The van der Waals surface area contributed by atoms with Crippen molar-refractivity contribution in [1.29, 1.82) is 0 Å². The molecule has 0 saturated heterocycles. The lowest BCUT2D eigenvalue weighted by Crippen LogP contribution is -2.13. The van der Waals surface area contributed by atoms with Crippen LogP contribution in [0.3, 0.4) is 0 Å². The largest absolute Gasteiger partial charge is 0.454 e. The molecule has 0 spiro atoms. The molecule has 1 N–H and O–H groups in total. The molecule has 5 heteroatoms. The number of fused-ring (bicyclic) bond motifs is 1. The first-order valence-corrected chi connectivity index (χ1v) is 7.43.